The van der Waals surface area contributed by atoms with Crippen molar-refractivity contribution in [3.63, 3.8) is 0 Å². The zero-order chi connectivity index (χ0) is 11.4. The lowest BCUT2D eigenvalue weighted by molar-refractivity contribution is 0.504. The zero-order valence-electron chi connectivity index (χ0n) is 10.3. The van der Waals surface area contributed by atoms with E-state index in [2.05, 4.69) is 29.5 Å². The van der Waals surface area contributed by atoms with Crippen LogP contribution in [0.15, 0.2) is 5.38 Å². The molecular weight excluding hydrogens is 216 g/mol. The van der Waals surface area contributed by atoms with Crippen LogP contribution in [-0.2, 0) is 12.8 Å². The van der Waals surface area contributed by atoms with Crippen LogP contribution in [0.3, 0.4) is 0 Å². The minimum Gasteiger partial charge on any atom is -0.314 e. The lowest BCUT2D eigenvalue weighted by Crippen LogP contribution is -2.28. The number of nitrogens with one attached hydrogen (secondary N) is 1. The van der Waals surface area contributed by atoms with E-state index in [4.69, 9.17) is 0 Å². The van der Waals surface area contributed by atoms with E-state index in [-0.39, 0.29) is 0 Å². The molecule has 0 radical (unpaired) electrons. The van der Waals surface area contributed by atoms with Gasteiger partial charge in [-0.2, -0.15) is 0 Å². The highest BCUT2D eigenvalue weighted by Crippen LogP contribution is 2.24. The van der Waals surface area contributed by atoms with Crippen LogP contribution in [0.4, 0.5) is 0 Å². The molecule has 0 bridgehead atoms. The number of nitrogens with zero attached hydrogens (tertiary/aromatic N) is 1. The van der Waals surface area contributed by atoms with E-state index in [0.717, 1.165) is 31.3 Å². The average Bonchev–Trinajstić information content (AvgIpc) is 2.88. The third-order valence-corrected chi connectivity index (χ3v) is 4.45. The molecule has 2 unspecified atom stereocenters. The highest BCUT2D eigenvalue weighted by Gasteiger charge is 2.20. The fourth-order valence-electron chi connectivity index (χ4n) is 2.42. The van der Waals surface area contributed by atoms with Gasteiger partial charge in [-0.1, -0.05) is 13.8 Å². The summed E-state index contributed by atoms with van der Waals surface area (Å²) in [6.45, 7) is 5.61. The SMILES string of the molecule is CCc1nc(CCNC2CCC(C)C2)cs1. The van der Waals surface area contributed by atoms with Crippen LogP contribution in [0, 0.1) is 5.92 Å². The van der Waals surface area contributed by atoms with Gasteiger partial charge in [0.2, 0.25) is 0 Å². The predicted octanol–water partition coefficient (Wildman–Crippen LogP) is 3.03. The molecule has 1 aliphatic carbocycles. The van der Waals surface area contributed by atoms with E-state index in [1.54, 1.807) is 11.3 Å². The second kappa shape index (κ2) is 5.78. The Labute approximate surface area is 102 Å². The van der Waals surface area contributed by atoms with Gasteiger partial charge in [-0.15, -0.1) is 11.3 Å². The molecule has 0 amide bonds. The van der Waals surface area contributed by atoms with E-state index >= 15 is 0 Å². The van der Waals surface area contributed by atoms with Crippen molar-refractivity contribution in [2.24, 2.45) is 5.92 Å². The van der Waals surface area contributed by atoms with Crippen LogP contribution < -0.4 is 5.32 Å². The van der Waals surface area contributed by atoms with E-state index < -0.39 is 0 Å². The molecule has 1 N–H and O–H groups in total. The summed E-state index contributed by atoms with van der Waals surface area (Å²) < 4.78 is 0. The molecule has 2 atom stereocenters. The molecule has 16 heavy (non-hydrogen) atoms. The molecule has 0 aliphatic heterocycles. The molecule has 0 aromatic carbocycles. The van der Waals surface area contributed by atoms with Gasteiger partial charge >= 0.3 is 0 Å². The fraction of sp³-hybridized carbons (Fsp3) is 0.769. The zero-order valence-corrected chi connectivity index (χ0v) is 11.1. The van der Waals surface area contributed by atoms with Crippen molar-refractivity contribution in [3.8, 4) is 0 Å². The molecule has 3 heteroatoms. The van der Waals surface area contributed by atoms with Crippen molar-refractivity contribution < 1.29 is 0 Å². The summed E-state index contributed by atoms with van der Waals surface area (Å²) >= 11 is 1.79. The molecule has 1 aromatic rings. The maximum atomic E-state index is 4.59. The Morgan fingerprint density at radius 3 is 3.00 bits per heavy atom. The largest absolute Gasteiger partial charge is 0.314 e. The van der Waals surface area contributed by atoms with Gasteiger partial charge in [0.25, 0.3) is 0 Å². The number of rotatable bonds is 5. The quantitative estimate of drug-likeness (QED) is 0.853. The first-order valence-electron chi connectivity index (χ1n) is 6.44. The number of aromatic nitrogens is 1. The van der Waals surface area contributed by atoms with Gasteiger partial charge in [-0.25, -0.2) is 4.98 Å². The number of hydrogen-bond acceptors (Lipinski definition) is 3. The first-order valence-corrected chi connectivity index (χ1v) is 7.32. The minimum atomic E-state index is 0.763. The maximum absolute atomic E-state index is 4.59. The molecule has 2 rings (SSSR count). The molecule has 1 aliphatic rings. The van der Waals surface area contributed by atoms with Gasteiger partial charge in [0.1, 0.15) is 0 Å². The molecule has 1 heterocycles. The molecule has 1 aromatic heterocycles. The van der Waals surface area contributed by atoms with Crippen molar-refractivity contribution in [2.45, 2.75) is 52.0 Å². The molecular formula is C13H22N2S. The van der Waals surface area contributed by atoms with Gasteiger partial charge in [0.15, 0.2) is 0 Å². The molecule has 0 spiro atoms. The Bertz CT molecular complexity index is 321. The molecule has 90 valence electrons. The van der Waals surface area contributed by atoms with E-state index in [1.165, 1.54) is 30.0 Å². The standard InChI is InChI=1S/C13H22N2S/c1-3-13-15-12(9-16-13)6-7-14-11-5-4-10(2)8-11/h9-11,14H,3-8H2,1-2H3. The first-order chi connectivity index (χ1) is 7.78. The summed E-state index contributed by atoms with van der Waals surface area (Å²) in [6, 6.07) is 0.763. The van der Waals surface area contributed by atoms with Gasteiger partial charge in [-0.3, -0.25) is 0 Å². The van der Waals surface area contributed by atoms with Crippen molar-refractivity contribution in [1.82, 2.24) is 10.3 Å². The van der Waals surface area contributed by atoms with Gasteiger partial charge in [-0.05, 0) is 31.6 Å². The summed E-state index contributed by atoms with van der Waals surface area (Å²) in [5.74, 6) is 0.920. The van der Waals surface area contributed by atoms with E-state index in [9.17, 15) is 0 Å². The van der Waals surface area contributed by atoms with Crippen molar-refractivity contribution in [1.29, 1.82) is 0 Å². The Morgan fingerprint density at radius 1 is 1.50 bits per heavy atom. The second-order valence-corrected chi connectivity index (χ2v) is 5.85. The van der Waals surface area contributed by atoms with E-state index in [1.807, 2.05) is 0 Å². The third-order valence-electron chi connectivity index (χ3n) is 3.41. The average molecular weight is 238 g/mol. The second-order valence-electron chi connectivity index (χ2n) is 4.91. The third kappa shape index (κ3) is 3.29. The monoisotopic (exact) mass is 238 g/mol. The highest BCUT2D eigenvalue weighted by molar-refractivity contribution is 7.09. The van der Waals surface area contributed by atoms with Crippen molar-refractivity contribution in [3.05, 3.63) is 16.1 Å². The van der Waals surface area contributed by atoms with Crippen LogP contribution in [0.25, 0.3) is 0 Å². The smallest absolute Gasteiger partial charge is 0.0925 e. The van der Waals surface area contributed by atoms with Crippen LogP contribution in [0.2, 0.25) is 0 Å². The van der Waals surface area contributed by atoms with Gasteiger partial charge in [0, 0.05) is 24.4 Å². The van der Waals surface area contributed by atoms with Crippen molar-refractivity contribution >= 4 is 11.3 Å². The normalized spacial score (nSPS) is 25.1. The lowest BCUT2D eigenvalue weighted by atomic mass is 10.1. The Morgan fingerprint density at radius 2 is 2.38 bits per heavy atom. The van der Waals surface area contributed by atoms with Crippen LogP contribution >= 0.6 is 11.3 Å². The summed E-state index contributed by atoms with van der Waals surface area (Å²) in [6.07, 6.45) is 6.27. The molecule has 0 saturated heterocycles. The van der Waals surface area contributed by atoms with Crippen LogP contribution in [0.1, 0.15) is 43.8 Å². The van der Waals surface area contributed by atoms with Gasteiger partial charge < -0.3 is 5.32 Å². The highest BCUT2D eigenvalue weighted by atomic mass is 32.1. The Kier molecular flexibility index (Phi) is 4.36. The number of hydrogen-bond donors (Lipinski definition) is 1. The lowest BCUT2D eigenvalue weighted by Gasteiger charge is -2.11. The van der Waals surface area contributed by atoms with E-state index in [0.29, 0.717) is 0 Å². The topological polar surface area (TPSA) is 24.9 Å². The molecule has 2 nitrogen and oxygen atoms in total. The van der Waals surface area contributed by atoms with Crippen molar-refractivity contribution in [2.75, 3.05) is 6.54 Å². The molecule has 1 saturated carbocycles. The van der Waals surface area contributed by atoms with Crippen LogP contribution in [-0.4, -0.2) is 17.6 Å². The summed E-state index contributed by atoms with van der Waals surface area (Å²) in [4.78, 5) is 4.59. The fourth-order valence-corrected chi connectivity index (χ4v) is 3.20. The first kappa shape index (κ1) is 12.1. The minimum absolute atomic E-state index is 0.763. The van der Waals surface area contributed by atoms with Crippen LogP contribution in [0.5, 0.6) is 0 Å². The number of thiazole rings is 1. The Hall–Kier alpha value is -0.410. The summed E-state index contributed by atoms with van der Waals surface area (Å²) in [5.41, 5.74) is 1.26. The molecule has 1 fully saturated rings. The predicted molar refractivity (Wildman–Crippen MR) is 70.0 cm³/mol. The summed E-state index contributed by atoms with van der Waals surface area (Å²) in [5, 5.41) is 7.13. The summed E-state index contributed by atoms with van der Waals surface area (Å²) in [7, 11) is 0. The number of aryl methyl sites for hydroxylation is 1. The maximum Gasteiger partial charge on any atom is 0.0925 e. The Balaban J connectivity index is 1.67. The van der Waals surface area contributed by atoms with Gasteiger partial charge in [0.05, 0.1) is 10.7 Å².